The number of rotatable bonds is 6. The average molecular weight is 405 g/mol. The molecule has 1 unspecified atom stereocenters. The largest absolute Gasteiger partial charge is 0.360 e. The Morgan fingerprint density at radius 1 is 1.10 bits per heavy atom. The number of hydrogen-bond donors (Lipinski definition) is 1. The van der Waals surface area contributed by atoms with Crippen molar-refractivity contribution in [2.24, 2.45) is 4.99 Å². The molecular weight excluding hydrogens is 388 g/mol. The lowest BCUT2D eigenvalue weighted by Crippen LogP contribution is -2.39. The van der Waals surface area contributed by atoms with Gasteiger partial charge in [0.05, 0.1) is 6.61 Å². The number of nitriles is 1. The Kier molecular flexibility index (Phi) is 5.77. The fraction of sp³-hybridized carbons (Fsp3) is 0.143. The second-order valence-electron chi connectivity index (χ2n) is 6.35. The van der Waals surface area contributed by atoms with Gasteiger partial charge in [0.15, 0.2) is 0 Å². The Labute approximate surface area is 173 Å². The van der Waals surface area contributed by atoms with Gasteiger partial charge in [0.1, 0.15) is 35.6 Å². The average Bonchev–Trinajstić information content (AvgIpc) is 3.19. The molecule has 0 aliphatic carbocycles. The van der Waals surface area contributed by atoms with Gasteiger partial charge in [-0.25, -0.2) is 15.0 Å². The van der Waals surface area contributed by atoms with Gasteiger partial charge in [-0.05, 0) is 35.4 Å². The van der Waals surface area contributed by atoms with Gasteiger partial charge in [-0.3, -0.25) is 5.43 Å². The number of pyridine rings is 2. The highest BCUT2D eigenvalue weighted by molar-refractivity contribution is 6.29. The van der Waals surface area contributed by atoms with Crippen LogP contribution in [0.15, 0.2) is 72.0 Å². The Bertz CT molecular complexity index is 1070. The second kappa shape index (κ2) is 8.80. The second-order valence-corrected chi connectivity index (χ2v) is 6.74. The summed E-state index contributed by atoms with van der Waals surface area (Å²) in [6.45, 7) is 0.761. The third kappa shape index (κ3) is 4.58. The van der Waals surface area contributed by atoms with E-state index in [1.165, 1.54) is 0 Å². The van der Waals surface area contributed by atoms with E-state index in [-0.39, 0.29) is 12.9 Å². The van der Waals surface area contributed by atoms with Crippen molar-refractivity contribution in [2.45, 2.75) is 12.8 Å². The molecule has 0 spiro atoms. The van der Waals surface area contributed by atoms with Crippen LogP contribution in [0.4, 0.5) is 0 Å². The molecule has 0 amide bonds. The molecule has 0 fully saturated rings. The van der Waals surface area contributed by atoms with Gasteiger partial charge in [-0.15, -0.1) is 0 Å². The fourth-order valence-electron chi connectivity index (χ4n) is 2.97. The van der Waals surface area contributed by atoms with E-state index >= 15 is 0 Å². The van der Waals surface area contributed by atoms with Crippen LogP contribution < -0.4 is 5.43 Å². The van der Waals surface area contributed by atoms with Crippen molar-refractivity contribution >= 4 is 17.4 Å². The molecule has 1 aliphatic rings. The maximum Gasteiger partial charge on any atom is 0.149 e. The third-order valence-corrected chi connectivity index (χ3v) is 4.54. The van der Waals surface area contributed by atoms with Crippen molar-refractivity contribution in [1.82, 2.24) is 20.4 Å². The van der Waals surface area contributed by atoms with Crippen LogP contribution in [0, 0.1) is 11.3 Å². The van der Waals surface area contributed by atoms with Crippen LogP contribution in [0.25, 0.3) is 0 Å². The zero-order valence-electron chi connectivity index (χ0n) is 15.4. The van der Waals surface area contributed by atoms with Gasteiger partial charge in [0.25, 0.3) is 0 Å². The standard InChI is InChI=1S/C21H17ClN6O/c22-19-11-16(6-9-25-19)20-26-21(17-7-8-24-18(10-17)12-23)28(27-20)14-29-13-15-4-2-1-3-5-15/h1-11,21H,13-14H2,(H,26,27). The molecular formula is C21H17ClN6O. The van der Waals surface area contributed by atoms with Crippen LogP contribution >= 0.6 is 11.6 Å². The van der Waals surface area contributed by atoms with Crippen LogP contribution in [0.1, 0.15) is 28.6 Å². The highest BCUT2D eigenvalue weighted by Gasteiger charge is 2.29. The predicted octanol–water partition coefficient (Wildman–Crippen LogP) is 3.44. The summed E-state index contributed by atoms with van der Waals surface area (Å²) in [5.74, 6) is 0.651. The van der Waals surface area contributed by atoms with Crippen molar-refractivity contribution in [3.63, 3.8) is 0 Å². The molecule has 0 saturated heterocycles. The van der Waals surface area contributed by atoms with E-state index in [0.29, 0.717) is 23.3 Å². The summed E-state index contributed by atoms with van der Waals surface area (Å²) in [4.78, 5) is 12.8. The van der Waals surface area contributed by atoms with E-state index < -0.39 is 0 Å². The number of benzene rings is 1. The molecule has 4 rings (SSSR count). The topological polar surface area (TPSA) is 86.4 Å². The Morgan fingerprint density at radius 2 is 1.93 bits per heavy atom. The van der Waals surface area contributed by atoms with Crippen LogP contribution in [0.3, 0.4) is 0 Å². The van der Waals surface area contributed by atoms with E-state index in [1.807, 2.05) is 47.5 Å². The number of nitrogens with one attached hydrogen (secondary N) is 1. The van der Waals surface area contributed by atoms with Gasteiger partial charge in [0.2, 0.25) is 0 Å². The molecule has 3 aromatic rings. The van der Waals surface area contributed by atoms with Crippen molar-refractivity contribution < 1.29 is 4.74 Å². The molecule has 8 heteroatoms. The normalized spacial score (nSPS) is 16.1. The fourth-order valence-corrected chi connectivity index (χ4v) is 3.14. The van der Waals surface area contributed by atoms with Gasteiger partial charge >= 0.3 is 0 Å². The third-order valence-electron chi connectivity index (χ3n) is 4.33. The van der Waals surface area contributed by atoms with Gasteiger partial charge in [0, 0.05) is 18.0 Å². The smallest absolute Gasteiger partial charge is 0.149 e. The quantitative estimate of drug-likeness (QED) is 0.633. The number of ether oxygens (including phenoxy) is 1. The van der Waals surface area contributed by atoms with Gasteiger partial charge in [-0.1, -0.05) is 41.9 Å². The molecule has 2 aromatic heterocycles. The first-order valence-electron chi connectivity index (χ1n) is 8.94. The number of halogens is 1. The van der Waals surface area contributed by atoms with E-state index in [0.717, 1.165) is 16.7 Å². The predicted molar refractivity (Wildman–Crippen MR) is 109 cm³/mol. The first-order chi connectivity index (χ1) is 14.2. The van der Waals surface area contributed by atoms with Crippen molar-refractivity contribution in [1.29, 1.82) is 5.26 Å². The Hall–Kier alpha value is -3.31. The molecule has 1 aliphatic heterocycles. The molecule has 144 valence electrons. The van der Waals surface area contributed by atoms with E-state index in [9.17, 15) is 5.26 Å². The van der Waals surface area contributed by atoms with Crippen molar-refractivity contribution in [2.75, 3.05) is 6.73 Å². The minimum Gasteiger partial charge on any atom is -0.360 e. The van der Waals surface area contributed by atoms with Crippen molar-refractivity contribution in [3.05, 3.63) is 94.5 Å². The van der Waals surface area contributed by atoms with Gasteiger partial charge in [-0.2, -0.15) is 10.3 Å². The highest BCUT2D eigenvalue weighted by atomic mass is 35.5. The zero-order chi connectivity index (χ0) is 20.1. The van der Waals surface area contributed by atoms with Crippen LogP contribution in [0.2, 0.25) is 5.15 Å². The number of amidine groups is 1. The SMILES string of the molecule is N#Cc1cc(C2N=C(c3ccnc(Cl)c3)NN2COCc2ccccc2)ccn1. The number of hydrogen-bond acceptors (Lipinski definition) is 7. The molecule has 0 saturated carbocycles. The maximum absolute atomic E-state index is 9.17. The minimum absolute atomic E-state index is 0.287. The number of nitrogens with zero attached hydrogens (tertiary/aromatic N) is 5. The van der Waals surface area contributed by atoms with Gasteiger partial charge < -0.3 is 4.74 Å². The molecule has 1 aromatic carbocycles. The van der Waals surface area contributed by atoms with Crippen LogP contribution in [-0.2, 0) is 11.3 Å². The van der Waals surface area contributed by atoms with Crippen LogP contribution in [0.5, 0.6) is 0 Å². The Morgan fingerprint density at radius 3 is 2.72 bits per heavy atom. The molecule has 1 N–H and O–H groups in total. The highest BCUT2D eigenvalue weighted by Crippen LogP contribution is 2.27. The van der Waals surface area contributed by atoms with Crippen LogP contribution in [-0.4, -0.2) is 27.5 Å². The number of hydrazine groups is 1. The van der Waals surface area contributed by atoms with Crippen molar-refractivity contribution in [3.8, 4) is 6.07 Å². The molecule has 7 nitrogen and oxygen atoms in total. The Balaban J connectivity index is 1.56. The minimum atomic E-state index is -0.372. The van der Waals surface area contributed by atoms with E-state index in [1.54, 1.807) is 24.5 Å². The zero-order valence-corrected chi connectivity index (χ0v) is 16.1. The molecule has 1 atom stereocenters. The summed E-state index contributed by atoms with van der Waals surface area (Å²) in [7, 11) is 0. The summed E-state index contributed by atoms with van der Waals surface area (Å²) in [5.41, 5.74) is 6.35. The lowest BCUT2D eigenvalue weighted by atomic mass is 10.2. The molecule has 0 bridgehead atoms. The van der Waals surface area contributed by atoms with E-state index in [2.05, 4.69) is 21.5 Å². The molecule has 3 heterocycles. The lowest BCUT2D eigenvalue weighted by Gasteiger charge is -2.23. The molecule has 29 heavy (non-hydrogen) atoms. The summed E-state index contributed by atoms with van der Waals surface area (Å²) >= 11 is 6.03. The monoisotopic (exact) mass is 404 g/mol. The number of aliphatic imine (C=N–C) groups is 1. The first-order valence-corrected chi connectivity index (χ1v) is 9.31. The van der Waals surface area contributed by atoms with E-state index in [4.69, 9.17) is 21.3 Å². The summed E-state index contributed by atoms with van der Waals surface area (Å²) in [6.07, 6.45) is 2.86. The molecule has 0 radical (unpaired) electrons. The summed E-state index contributed by atoms with van der Waals surface area (Å²) in [6, 6.07) is 19.1. The summed E-state index contributed by atoms with van der Waals surface area (Å²) < 4.78 is 5.89. The maximum atomic E-state index is 9.17. The summed E-state index contributed by atoms with van der Waals surface area (Å²) in [5, 5.41) is 11.4. The first kappa shape index (κ1) is 19.0. The lowest BCUT2D eigenvalue weighted by molar-refractivity contribution is -0.0117. The number of aromatic nitrogens is 2.